The standard InChI is InChI=1S/C20H20N4O7/c1-30-9-3-8-23-18(25)14-6-4-12(10-15(14)19(23)26)21-20(27)22-16-7-5-13(24(28)29)11-17(16)31-2/h4-7,10-11H,3,8-9H2,1-2H3,(H2,21,22,27). The number of nitrogens with zero attached hydrogens (tertiary/aromatic N) is 2. The molecule has 0 fully saturated rings. The average Bonchev–Trinajstić information content (AvgIpc) is 2.98. The molecule has 4 amide bonds. The van der Waals surface area contributed by atoms with E-state index in [4.69, 9.17) is 9.47 Å². The number of nitrogens with one attached hydrogen (secondary N) is 2. The molecule has 0 aromatic heterocycles. The molecule has 2 aromatic rings. The molecule has 11 nitrogen and oxygen atoms in total. The lowest BCUT2D eigenvalue weighted by atomic mass is 10.1. The van der Waals surface area contributed by atoms with Crippen molar-refractivity contribution in [1.82, 2.24) is 4.90 Å². The van der Waals surface area contributed by atoms with Gasteiger partial charge in [0.2, 0.25) is 0 Å². The zero-order valence-corrected chi connectivity index (χ0v) is 16.8. The van der Waals surface area contributed by atoms with E-state index < -0.39 is 16.9 Å². The number of hydrogen-bond donors (Lipinski definition) is 2. The highest BCUT2D eigenvalue weighted by Crippen LogP contribution is 2.30. The molecule has 0 radical (unpaired) electrons. The number of methoxy groups -OCH3 is 2. The fourth-order valence-corrected chi connectivity index (χ4v) is 3.12. The lowest BCUT2D eigenvalue weighted by molar-refractivity contribution is -0.384. The number of ether oxygens (including phenoxy) is 2. The lowest BCUT2D eigenvalue weighted by Gasteiger charge is -2.12. The molecule has 0 saturated carbocycles. The maximum atomic E-state index is 12.6. The van der Waals surface area contributed by atoms with Crippen molar-refractivity contribution in [3.05, 3.63) is 57.6 Å². The molecule has 0 spiro atoms. The van der Waals surface area contributed by atoms with Gasteiger partial charge in [0.1, 0.15) is 5.75 Å². The van der Waals surface area contributed by atoms with E-state index in [9.17, 15) is 24.5 Å². The number of nitro groups is 1. The summed E-state index contributed by atoms with van der Waals surface area (Å²) in [5.41, 5.74) is 0.817. The topological polar surface area (TPSA) is 140 Å². The zero-order chi connectivity index (χ0) is 22.5. The maximum Gasteiger partial charge on any atom is 0.323 e. The van der Waals surface area contributed by atoms with Gasteiger partial charge in [-0.15, -0.1) is 0 Å². The number of non-ortho nitro benzene ring substituents is 1. The fraction of sp³-hybridized carbons (Fsp3) is 0.250. The van der Waals surface area contributed by atoms with Gasteiger partial charge in [-0.3, -0.25) is 24.6 Å². The number of fused-ring (bicyclic) bond motifs is 1. The van der Waals surface area contributed by atoms with Crippen molar-refractivity contribution >= 4 is 34.9 Å². The number of imide groups is 1. The van der Waals surface area contributed by atoms with E-state index in [0.29, 0.717) is 18.7 Å². The molecular formula is C20H20N4O7. The molecule has 0 saturated heterocycles. The third-order valence-electron chi connectivity index (χ3n) is 4.60. The molecular weight excluding hydrogens is 408 g/mol. The quantitative estimate of drug-likeness (QED) is 0.285. The summed E-state index contributed by atoms with van der Waals surface area (Å²) in [7, 11) is 2.86. The number of anilines is 2. The van der Waals surface area contributed by atoms with Gasteiger partial charge in [-0.2, -0.15) is 0 Å². The number of benzene rings is 2. The van der Waals surface area contributed by atoms with Crippen molar-refractivity contribution in [2.45, 2.75) is 6.42 Å². The Morgan fingerprint density at radius 2 is 1.81 bits per heavy atom. The molecule has 31 heavy (non-hydrogen) atoms. The van der Waals surface area contributed by atoms with Crippen LogP contribution in [-0.4, -0.2) is 55.0 Å². The highest BCUT2D eigenvalue weighted by atomic mass is 16.6. The van der Waals surface area contributed by atoms with E-state index in [1.165, 1.54) is 50.6 Å². The predicted molar refractivity (Wildman–Crippen MR) is 111 cm³/mol. The first kappa shape index (κ1) is 21.7. The van der Waals surface area contributed by atoms with Gasteiger partial charge in [0.25, 0.3) is 17.5 Å². The molecule has 1 heterocycles. The van der Waals surface area contributed by atoms with Crippen molar-refractivity contribution in [3.63, 3.8) is 0 Å². The van der Waals surface area contributed by atoms with Gasteiger partial charge in [0, 0.05) is 32.0 Å². The molecule has 11 heteroatoms. The smallest absolute Gasteiger partial charge is 0.323 e. The van der Waals surface area contributed by atoms with Gasteiger partial charge in [0.15, 0.2) is 0 Å². The second-order valence-corrected chi connectivity index (χ2v) is 6.59. The first-order valence-electron chi connectivity index (χ1n) is 9.25. The first-order chi connectivity index (χ1) is 14.8. The van der Waals surface area contributed by atoms with Gasteiger partial charge >= 0.3 is 6.03 Å². The maximum absolute atomic E-state index is 12.6. The Balaban J connectivity index is 1.71. The van der Waals surface area contributed by atoms with E-state index in [-0.39, 0.29) is 40.7 Å². The van der Waals surface area contributed by atoms with Crippen LogP contribution in [0.25, 0.3) is 0 Å². The number of carbonyl (C=O) groups is 3. The normalized spacial score (nSPS) is 12.5. The number of carbonyl (C=O) groups excluding carboxylic acids is 3. The van der Waals surface area contributed by atoms with Crippen LogP contribution in [0.4, 0.5) is 21.9 Å². The fourth-order valence-electron chi connectivity index (χ4n) is 3.12. The van der Waals surface area contributed by atoms with Crippen LogP contribution in [0.1, 0.15) is 27.1 Å². The van der Waals surface area contributed by atoms with E-state index >= 15 is 0 Å². The van der Waals surface area contributed by atoms with Crippen LogP contribution in [0.3, 0.4) is 0 Å². The molecule has 1 aliphatic heterocycles. The van der Waals surface area contributed by atoms with Crippen LogP contribution in [0.5, 0.6) is 5.75 Å². The molecule has 0 bridgehead atoms. The Morgan fingerprint density at radius 1 is 1.06 bits per heavy atom. The molecule has 3 rings (SSSR count). The van der Waals surface area contributed by atoms with Crippen LogP contribution in [0.15, 0.2) is 36.4 Å². The summed E-state index contributed by atoms with van der Waals surface area (Å²) in [5.74, 6) is -0.703. The van der Waals surface area contributed by atoms with E-state index in [1.54, 1.807) is 0 Å². The summed E-state index contributed by atoms with van der Waals surface area (Å²) in [6.07, 6.45) is 0.520. The van der Waals surface area contributed by atoms with Crippen LogP contribution >= 0.6 is 0 Å². The second kappa shape index (κ2) is 9.22. The SMILES string of the molecule is COCCCN1C(=O)c2ccc(NC(=O)Nc3ccc([N+](=O)[O-])cc3OC)cc2C1=O. The highest BCUT2D eigenvalue weighted by molar-refractivity contribution is 6.22. The second-order valence-electron chi connectivity index (χ2n) is 6.59. The largest absolute Gasteiger partial charge is 0.494 e. The van der Waals surface area contributed by atoms with Crippen LogP contribution in [0, 0.1) is 10.1 Å². The third-order valence-corrected chi connectivity index (χ3v) is 4.60. The Bertz CT molecular complexity index is 1050. The zero-order valence-electron chi connectivity index (χ0n) is 16.8. The van der Waals surface area contributed by atoms with Crippen molar-refractivity contribution in [2.24, 2.45) is 0 Å². The van der Waals surface area contributed by atoms with Crippen molar-refractivity contribution in [1.29, 1.82) is 0 Å². The summed E-state index contributed by atoms with van der Waals surface area (Å²) in [6, 6.07) is 7.53. The van der Waals surface area contributed by atoms with E-state index in [1.807, 2.05) is 0 Å². The van der Waals surface area contributed by atoms with Gasteiger partial charge in [-0.25, -0.2) is 4.79 Å². The van der Waals surface area contributed by atoms with E-state index in [0.717, 1.165) is 4.90 Å². The molecule has 2 aromatic carbocycles. The summed E-state index contributed by atoms with van der Waals surface area (Å²) in [6.45, 7) is 0.663. The first-order valence-corrected chi connectivity index (χ1v) is 9.25. The minimum atomic E-state index is -0.652. The minimum absolute atomic E-state index is 0.116. The Morgan fingerprint density at radius 3 is 2.48 bits per heavy atom. The van der Waals surface area contributed by atoms with Gasteiger partial charge in [-0.05, 0) is 30.7 Å². The molecule has 0 atom stereocenters. The number of urea groups is 1. The van der Waals surface area contributed by atoms with Gasteiger partial charge < -0.3 is 20.1 Å². The van der Waals surface area contributed by atoms with Gasteiger partial charge in [-0.1, -0.05) is 0 Å². The van der Waals surface area contributed by atoms with Crippen molar-refractivity contribution in [3.8, 4) is 5.75 Å². The third kappa shape index (κ3) is 4.61. The number of nitro benzene ring substituents is 1. The molecule has 0 aliphatic carbocycles. The number of rotatable bonds is 8. The van der Waals surface area contributed by atoms with Gasteiger partial charge in [0.05, 0.1) is 34.9 Å². The summed E-state index contributed by atoms with van der Waals surface area (Å²) in [5, 5.41) is 16.0. The summed E-state index contributed by atoms with van der Waals surface area (Å²) in [4.78, 5) is 48.8. The lowest BCUT2D eigenvalue weighted by Crippen LogP contribution is -2.31. The van der Waals surface area contributed by atoms with Crippen molar-refractivity contribution in [2.75, 3.05) is 38.0 Å². The van der Waals surface area contributed by atoms with Crippen molar-refractivity contribution < 1.29 is 28.8 Å². The summed E-state index contributed by atoms with van der Waals surface area (Å²) >= 11 is 0. The molecule has 2 N–H and O–H groups in total. The Hall–Kier alpha value is -3.99. The molecule has 1 aliphatic rings. The minimum Gasteiger partial charge on any atom is -0.494 e. The van der Waals surface area contributed by atoms with E-state index in [2.05, 4.69) is 10.6 Å². The molecule has 0 unspecified atom stereocenters. The number of hydrogen-bond acceptors (Lipinski definition) is 7. The summed E-state index contributed by atoms with van der Waals surface area (Å²) < 4.78 is 10.0. The Kier molecular flexibility index (Phi) is 6.46. The van der Waals surface area contributed by atoms with Crippen LogP contribution in [-0.2, 0) is 4.74 Å². The Labute approximate surface area is 177 Å². The predicted octanol–water partition coefficient (Wildman–Crippen LogP) is 2.88. The van der Waals surface area contributed by atoms with Crippen LogP contribution in [0.2, 0.25) is 0 Å². The monoisotopic (exact) mass is 428 g/mol. The average molecular weight is 428 g/mol. The molecule has 162 valence electrons. The van der Waals surface area contributed by atoms with Crippen LogP contribution < -0.4 is 15.4 Å². The number of amides is 4. The highest BCUT2D eigenvalue weighted by Gasteiger charge is 2.35.